The van der Waals surface area contributed by atoms with Crippen molar-refractivity contribution in [2.45, 2.75) is 31.0 Å². The molecule has 5 rings (SSSR count). The monoisotopic (exact) mass is 542 g/mol. The van der Waals surface area contributed by atoms with Gasteiger partial charge in [0.15, 0.2) is 6.04 Å². The third-order valence-corrected chi connectivity index (χ3v) is 7.18. The number of ether oxygens (including phenoxy) is 1. The smallest absolute Gasteiger partial charge is 0.407 e. The molecular formula is C30H30N4O6. The fraction of sp³-hybridized carbons (Fsp3) is 0.267. The Morgan fingerprint density at radius 3 is 2.23 bits per heavy atom. The van der Waals surface area contributed by atoms with Gasteiger partial charge >= 0.3 is 12.1 Å². The molecule has 10 nitrogen and oxygen atoms in total. The lowest BCUT2D eigenvalue weighted by atomic mass is 9.98. The van der Waals surface area contributed by atoms with Crippen LogP contribution in [0.15, 0.2) is 78.9 Å². The zero-order valence-electron chi connectivity index (χ0n) is 21.9. The summed E-state index contributed by atoms with van der Waals surface area (Å²) in [5.41, 5.74) is 7.59. The van der Waals surface area contributed by atoms with Crippen LogP contribution in [0.4, 0.5) is 4.79 Å². The van der Waals surface area contributed by atoms with E-state index < -0.39 is 36.0 Å². The first-order chi connectivity index (χ1) is 19.3. The number of hydrazine groups is 1. The van der Waals surface area contributed by atoms with Gasteiger partial charge in [0.25, 0.3) is 5.91 Å². The Kier molecular flexibility index (Phi) is 7.79. The van der Waals surface area contributed by atoms with Crippen LogP contribution >= 0.6 is 0 Å². The minimum absolute atomic E-state index is 0.0522. The van der Waals surface area contributed by atoms with E-state index in [1.165, 1.54) is 0 Å². The van der Waals surface area contributed by atoms with Crippen LogP contribution < -0.4 is 10.7 Å². The summed E-state index contributed by atoms with van der Waals surface area (Å²) in [4.78, 5) is 52.0. The summed E-state index contributed by atoms with van der Waals surface area (Å²) >= 11 is 0. The second kappa shape index (κ2) is 11.6. The van der Waals surface area contributed by atoms with Gasteiger partial charge in [-0.3, -0.25) is 19.9 Å². The molecule has 0 spiro atoms. The van der Waals surface area contributed by atoms with Crippen LogP contribution in [-0.4, -0.2) is 71.2 Å². The van der Waals surface area contributed by atoms with Gasteiger partial charge in [-0.2, -0.15) is 0 Å². The molecule has 2 atom stereocenters. The molecule has 0 saturated carbocycles. The number of carboxylic acids is 1. The van der Waals surface area contributed by atoms with Crippen LogP contribution in [-0.2, 0) is 25.7 Å². The number of amides is 3. The van der Waals surface area contributed by atoms with Crippen molar-refractivity contribution in [3.63, 3.8) is 0 Å². The van der Waals surface area contributed by atoms with Crippen molar-refractivity contribution in [2.75, 3.05) is 20.2 Å². The number of carbonyl (C=O) groups is 4. The first kappa shape index (κ1) is 26.9. The number of carboxylic acid groups (broad SMARTS) is 1. The highest BCUT2D eigenvalue weighted by Gasteiger charge is 2.42. The molecule has 3 aromatic rings. The number of rotatable bonds is 9. The highest BCUT2D eigenvalue weighted by atomic mass is 16.5. The van der Waals surface area contributed by atoms with E-state index in [1.54, 1.807) is 7.05 Å². The van der Waals surface area contributed by atoms with Crippen molar-refractivity contribution in [1.29, 1.82) is 0 Å². The quantitative estimate of drug-likeness (QED) is 0.379. The molecule has 3 amide bonds. The van der Waals surface area contributed by atoms with Gasteiger partial charge < -0.3 is 15.2 Å². The highest BCUT2D eigenvalue weighted by molar-refractivity contribution is 5.96. The number of fused-ring (bicyclic) bond motifs is 3. The van der Waals surface area contributed by atoms with E-state index in [4.69, 9.17) is 4.74 Å². The lowest BCUT2D eigenvalue weighted by molar-refractivity contribution is -0.151. The van der Waals surface area contributed by atoms with Crippen LogP contribution in [0.5, 0.6) is 0 Å². The molecule has 10 heteroatoms. The fourth-order valence-corrected chi connectivity index (χ4v) is 5.34. The van der Waals surface area contributed by atoms with Gasteiger partial charge in [0.2, 0.25) is 5.91 Å². The molecule has 0 bridgehead atoms. The third kappa shape index (κ3) is 5.67. The Bertz CT molecular complexity index is 1380. The standard InChI is InChI=1S/C30H30N4O6/c1-33(16-19-9-3-2-4-10-19)17-25(28(36)34-26(29(37)38)15-27(35)32-34)31-30(39)40-18-24-22-13-7-5-11-20(22)21-12-6-8-14-23(21)24/h2-14,24-26H,15-18H2,1H3,(H,31,39)(H,32,35)(H,37,38). The predicted molar refractivity (Wildman–Crippen MR) is 146 cm³/mol. The van der Waals surface area contributed by atoms with Crippen LogP contribution in [0.2, 0.25) is 0 Å². The second-order valence-corrected chi connectivity index (χ2v) is 10.0. The average Bonchev–Trinajstić information content (AvgIpc) is 3.50. The summed E-state index contributed by atoms with van der Waals surface area (Å²) in [5.74, 6) is -2.81. The Morgan fingerprint density at radius 1 is 1.00 bits per heavy atom. The molecule has 1 aliphatic carbocycles. The lowest BCUT2D eigenvalue weighted by Gasteiger charge is -2.29. The topological polar surface area (TPSA) is 128 Å². The lowest BCUT2D eigenvalue weighted by Crippen LogP contribution is -2.58. The summed E-state index contributed by atoms with van der Waals surface area (Å²) in [5, 5.41) is 13.0. The van der Waals surface area contributed by atoms with Crippen molar-refractivity contribution in [3.8, 4) is 11.1 Å². The Labute approximate surface area is 231 Å². The average molecular weight is 543 g/mol. The molecule has 1 heterocycles. The van der Waals surface area contributed by atoms with Gasteiger partial charge in [-0.15, -0.1) is 0 Å². The summed E-state index contributed by atoms with van der Waals surface area (Å²) in [6.07, 6.45) is -1.18. The Hall–Kier alpha value is -4.70. The van der Waals surface area contributed by atoms with Crippen LogP contribution in [0.25, 0.3) is 11.1 Å². The van der Waals surface area contributed by atoms with Crippen molar-refractivity contribution < 1.29 is 29.0 Å². The maximum Gasteiger partial charge on any atom is 0.407 e. The molecule has 3 N–H and O–H groups in total. The molecule has 206 valence electrons. The summed E-state index contributed by atoms with van der Waals surface area (Å²) in [7, 11) is 1.78. The van der Waals surface area contributed by atoms with Crippen LogP contribution in [0.3, 0.4) is 0 Å². The molecular weight excluding hydrogens is 512 g/mol. The minimum atomic E-state index is -1.37. The molecule has 3 aromatic carbocycles. The number of aliphatic carboxylic acids is 1. The summed E-state index contributed by atoms with van der Waals surface area (Å²) < 4.78 is 5.64. The van der Waals surface area contributed by atoms with Gasteiger partial charge in [0.1, 0.15) is 12.6 Å². The summed E-state index contributed by atoms with van der Waals surface area (Å²) in [6.45, 7) is 0.584. The van der Waals surface area contributed by atoms with E-state index in [9.17, 15) is 24.3 Å². The maximum absolute atomic E-state index is 13.5. The fourth-order valence-electron chi connectivity index (χ4n) is 5.34. The van der Waals surface area contributed by atoms with Gasteiger partial charge in [-0.1, -0.05) is 78.9 Å². The third-order valence-electron chi connectivity index (χ3n) is 7.18. The number of hydrogen-bond acceptors (Lipinski definition) is 6. The Balaban J connectivity index is 1.30. The van der Waals surface area contributed by atoms with E-state index in [0.29, 0.717) is 6.54 Å². The first-order valence-electron chi connectivity index (χ1n) is 13.0. The van der Waals surface area contributed by atoms with E-state index in [0.717, 1.165) is 32.8 Å². The number of nitrogens with zero attached hydrogens (tertiary/aromatic N) is 2. The summed E-state index contributed by atoms with van der Waals surface area (Å²) in [6, 6.07) is 22.9. The number of alkyl carbamates (subject to hydrolysis) is 1. The van der Waals surface area contributed by atoms with Crippen LogP contribution in [0, 0.1) is 0 Å². The van der Waals surface area contributed by atoms with Crippen molar-refractivity contribution in [1.82, 2.24) is 20.7 Å². The molecule has 1 aliphatic heterocycles. The van der Waals surface area contributed by atoms with Gasteiger partial charge in [-0.05, 0) is 34.9 Å². The predicted octanol–water partition coefficient (Wildman–Crippen LogP) is 2.74. The number of nitrogens with one attached hydrogen (secondary N) is 2. The SMILES string of the molecule is CN(Cc1ccccc1)CC(NC(=O)OCC1c2ccccc2-c2ccccc21)C(=O)N1NC(=O)CC1C(=O)O. The maximum atomic E-state index is 13.5. The number of hydrogen-bond donors (Lipinski definition) is 3. The molecule has 2 unspecified atom stereocenters. The Morgan fingerprint density at radius 2 is 1.60 bits per heavy atom. The molecule has 1 saturated heterocycles. The zero-order valence-corrected chi connectivity index (χ0v) is 21.9. The van der Waals surface area contributed by atoms with E-state index in [1.807, 2.05) is 83.8 Å². The second-order valence-electron chi connectivity index (χ2n) is 10.0. The molecule has 0 radical (unpaired) electrons. The largest absolute Gasteiger partial charge is 0.480 e. The van der Waals surface area contributed by atoms with Crippen molar-refractivity contribution in [2.24, 2.45) is 0 Å². The number of benzene rings is 3. The molecule has 0 aromatic heterocycles. The number of carbonyl (C=O) groups excluding carboxylic acids is 3. The van der Waals surface area contributed by atoms with Crippen LogP contribution in [0.1, 0.15) is 29.0 Å². The van der Waals surface area contributed by atoms with Gasteiger partial charge in [0, 0.05) is 19.0 Å². The van der Waals surface area contributed by atoms with E-state index >= 15 is 0 Å². The van der Waals surface area contributed by atoms with Crippen molar-refractivity contribution >= 4 is 23.9 Å². The molecule has 40 heavy (non-hydrogen) atoms. The van der Waals surface area contributed by atoms with E-state index in [-0.39, 0.29) is 25.5 Å². The zero-order chi connectivity index (χ0) is 28.2. The molecule has 1 fully saturated rings. The van der Waals surface area contributed by atoms with E-state index in [2.05, 4.69) is 10.7 Å². The van der Waals surface area contributed by atoms with Gasteiger partial charge in [-0.25, -0.2) is 14.6 Å². The van der Waals surface area contributed by atoms with Crippen molar-refractivity contribution in [3.05, 3.63) is 95.6 Å². The van der Waals surface area contributed by atoms with Gasteiger partial charge in [0.05, 0.1) is 6.42 Å². The highest BCUT2D eigenvalue weighted by Crippen LogP contribution is 2.44. The first-order valence-corrected chi connectivity index (χ1v) is 13.0. The normalized spacial score (nSPS) is 16.7. The number of likely N-dealkylation sites (N-methyl/N-ethyl adjacent to an activating group) is 1. The molecule has 2 aliphatic rings. The minimum Gasteiger partial charge on any atom is -0.480 e.